The maximum absolute atomic E-state index is 13.6. The van der Waals surface area contributed by atoms with Crippen molar-refractivity contribution in [2.24, 2.45) is 0 Å². The van der Waals surface area contributed by atoms with Crippen molar-refractivity contribution in [2.45, 2.75) is 37.7 Å². The largest absolute Gasteiger partial charge is 0.388 e. The van der Waals surface area contributed by atoms with Crippen LogP contribution in [0.4, 0.5) is 10.1 Å². The summed E-state index contributed by atoms with van der Waals surface area (Å²) in [5.41, 5.74) is -0.0825. The van der Waals surface area contributed by atoms with Gasteiger partial charge in [0.05, 0.1) is 22.9 Å². The standard InChI is InChI=1S/C14H17FN2O/c15-12-8-11(9-16)4-5-13(12)17-10-14(18)6-2-1-3-7-14/h4-5,8,17-18H,1-3,6-7,10H2. The van der Waals surface area contributed by atoms with Crippen LogP contribution in [0.1, 0.15) is 37.7 Å². The first-order valence-electron chi connectivity index (χ1n) is 6.29. The Morgan fingerprint density at radius 2 is 2.06 bits per heavy atom. The van der Waals surface area contributed by atoms with Crippen LogP contribution in [0.3, 0.4) is 0 Å². The molecule has 0 radical (unpaired) electrons. The number of halogens is 1. The lowest BCUT2D eigenvalue weighted by Gasteiger charge is -2.32. The summed E-state index contributed by atoms with van der Waals surface area (Å²) in [5.74, 6) is -0.451. The van der Waals surface area contributed by atoms with E-state index in [0.29, 0.717) is 17.8 Å². The smallest absolute Gasteiger partial charge is 0.147 e. The van der Waals surface area contributed by atoms with Crippen LogP contribution in [-0.4, -0.2) is 17.3 Å². The Balaban J connectivity index is 2.00. The number of nitrogens with one attached hydrogen (secondary N) is 1. The first kappa shape index (κ1) is 12.8. The second-order valence-electron chi connectivity index (χ2n) is 4.94. The van der Waals surface area contributed by atoms with Crippen molar-refractivity contribution in [3.05, 3.63) is 29.6 Å². The maximum Gasteiger partial charge on any atom is 0.147 e. The van der Waals surface area contributed by atoms with E-state index in [4.69, 9.17) is 5.26 Å². The molecule has 1 aromatic carbocycles. The van der Waals surface area contributed by atoms with E-state index in [1.807, 2.05) is 6.07 Å². The second kappa shape index (κ2) is 5.36. The van der Waals surface area contributed by atoms with Gasteiger partial charge in [-0.3, -0.25) is 0 Å². The van der Waals surface area contributed by atoms with Gasteiger partial charge < -0.3 is 10.4 Å². The first-order valence-corrected chi connectivity index (χ1v) is 6.29. The van der Waals surface area contributed by atoms with Crippen LogP contribution in [0.2, 0.25) is 0 Å². The molecule has 0 amide bonds. The summed E-state index contributed by atoms with van der Waals surface area (Å²) in [4.78, 5) is 0. The summed E-state index contributed by atoms with van der Waals surface area (Å²) in [7, 11) is 0. The Morgan fingerprint density at radius 3 is 2.67 bits per heavy atom. The van der Waals surface area contributed by atoms with Gasteiger partial charge >= 0.3 is 0 Å². The Kier molecular flexibility index (Phi) is 3.83. The van der Waals surface area contributed by atoms with E-state index in [2.05, 4.69) is 5.32 Å². The van der Waals surface area contributed by atoms with Crippen LogP contribution < -0.4 is 5.32 Å². The summed E-state index contributed by atoms with van der Waals surface area (Å²) < 4.78 is 13.6. The molecule has 18 heavy (non-hydrogen) atoms. The zero-order valence-electron chi connectivity index (χ0n) is 10.2. The molecular formula is C14H17FN2O. The van der Waals surface area contributed by atoms with Crippen LogP contribution >= 0.6 is 0 Å². The lowest BCUT2D eigenvalue weighted by Crippen LogP contribution is -2.38. The van der Waals surface area contributed by atoms with Gasteiger partial charge in [-0.25, -0.2) is 4.39 Å². The Labute approximate surface area is 106 Å². The van der Waals surface area contributed by atoms with Gasteiger partial charge in [0.25, 0.3) is 0 Å². The molecule has 1 aliphatic carbocycles. The molecule has 1 aromatic rings. The van der Waals surface area contributed by atoms with Gasteiger partial charge in [0.1, 0.15) is 5.82 Å². The van der Waals surface area contributed by atoms with Gasteiger partial charge in [0, 0.05) is 6.54 Å². The number of nitrogens with zero attached hydrogens (tertiary/aromatic N) is 1. The van der Waals surface area contributed by atoms with Crippen molar-refractivity contribution in [2.75, 3.05) is 11.9 Å². The monoisotopic (exact) mass is 248 g/mol. The quantitative estimate of drug-likeness (QED) is 0.864. The molecule has 0 spiro atoms. The zero-order valence-corrected chi connectivity index (χ0v) is 10.2. The highest BCUT2D eigenvalue weighted by Gasteiger charge is 2.28. The van der Waals surface area contributed by atoms with Gasteiger partial charge in [-0.1, -0.05) is 19.3 Å². The predicted octanol–water partition coefficient (Wildman–Crippen LogP) is 2.80. The number of hydrogen-bond donors (Lipinski definition) is 2. The van der Waals surface area contributed by atoms with E-state index in [1.54, 1.807) is 12.1 Å². The summed E-state index contributed by atoms with van der Waals surface area (Å²) in [6.07, 6.45) is 4.73. The predicted molar refractivity (Wildman–Crippen MR) is 67.6 cm³/mol. The highest BCUT2D eigenvalue weighted by atomic mass is 19.1. The van der Waals surface area contributed by atoms with E-state index in [-0.39, 0.29) is 0 Å². The Morgan fingerprint density at radius 1 is 1.33 bits per heavy atom. The average molecular weight is 248 g/mol. The van der Waals surface area contributed by atoms with Crippen LogP contribution in [0, 0.1) is 17.1 Å². The number of benzene rings is 1. The van der Waals surface area contributed by atoms with Gasteiger partial charge in [0.15, 0.2) is 0 Å². The lowest BCUT2D eigenvalue weighted by atomic mass is 9.85. The number of hydrogen-bond acceptors (Lipinski definition) is 3. The molecule has 3 nitrogen and oxygen atoms in total. The van der Waals surface area contributed by atoms with Crippen molar-refractivity contribution >= 4 is 5.69 Å². The van der Waals surface area contributed by atoms with Gasteiger partial charge in [-0.15, -0.1) is 0 Å². The molecule has 1 fully saturated rings. The molecule has 0 aliphatic heterocycles. The van der Waals surface area contributed by atoms with Crippen molar-refractivity contribution in [3.63, 3.8) is 0 Å². The molecule has 0 heterocycles. The molecule has 96 valence electrons. The topological polar surface area (TPSA) is 56.0 Å². The molecule has 2 rings (SSSR count). The average Bonchev–Trinajstić information content (AvgIpc) is 2.38. The third-order valence-electron chi connectivity index (χ3n) is 3.49. The van der Waals surface area contributed by atoms with Crippen molar-refractivity contribution in [1.29, 1.82) is 5.26 Å². The highest BCUT2D eigenvalue weighted by Crippen LogP contribution is 2.28. The molecule has 1 saturated carbocycles. The molecule has 1 aliphatic rings. The fourth-order valence-corrected chi connectivity index (χ4v) is 2.37. The van der Waals surface area contributed by atoms with Gasteiger partial charge in [-0.05, 0) is 31.0 Å². The Bertz CT molecular complexity index is 461. The number of nitriles is 1. The maximum atomic E-state index is 13.6. The number of rotatable bonds is 3. The first-order chi connectivity index (χ1) is 8.63. The molecule has 2 N–H and O–H groups in total. The van der Waals surface area contributed by atoms with Crippen molar-refractivity contribution < 1.29 is 9.50 Å². The summed E-state index contributed by atoms with van der Waals surface area (Å²) in [6.45, 7) is 0.357. The fourth-order valence-electron chi connectivity index (χ4n) is 2.37. The van der Waals surface area contributed by atoms with Crippen LogP contribution in [0.5, 0.6) is 0 Å². The van der Waals surface area contributed by atoms with Crippen molar-refractivity contribution in [1.82, 2.24) is 0 Å². The molecule has 4 heteroatoms. The third kappa shape index (κ3) is 2.99. The molecule has 0 aromatic heterocycles. The number of anilines is 1. The van der Waals surface area contributed by atoms with Gasteiger partial charge in [0.2, 0.25) is 0 Å². The lowest BCUT2D eigenvalue weighted by molar-refractivity contribution is 0.0167. The van der Waals surface area contributed by atoms with E-state index in [0.717, 1.165) is 32.1 Å². The van der Waals surface area contributed by atoms with Gasteiger partial charge in [-0.2, -0.15) is 5.26 Å². The highest BCUT2D eigenvalue weighted by molar-refractivity contribution is 5.49. The van der Waals surface area contributed by atoms with Crippen LogP contribution in [0.15, 0.2) is 18.2 Å². The van der Waals surface area contributed by atoms with Crippen molar-refractivity contribution in [3.8, 4) is 6.07 Å². The van der Waals surface area contributed by atoms with E-state index >= 15 is 0 Å². The minimum atomic E-state index is -0.724. The minimum absolute atomic E-state index is 0.300. The Hall–Kier alpha value is -1.60. The summed E-state index contributed by atoms with van der Waals surface area (Å²) >= 11 is 0. The fraction of sp³-hybridized carbons (Fsp3) is 0.500. The van der Waals surface area contributed by atoms with E-state index in [9.17, 15) is 9.50 Å². The summed E-state index contributed by atoms with van der Waals surface area (Å²) in [6, 6.07) is 6.20. The zero-order chi connectivity index (χ0) is 13.0. The minimum Gasteiger partial charge on any atom is -0.388 e. The third-order valence-corrected chi connectivity index (χ3v) is 3.49. The molecule has 0 saturated heterocycles. The van der Waals surface area contributed by atoms with Crippen LogP contribution in [0.25, 0.3) is 0 Å². The van der Waals surface area contributed by atoms with E-state index < -0.39 is 11.4 Å². The molecule has 0 unspecified atom stereocenters. The molecule has 0 atom stereocenters. The molecule has 0 bridgehead atoms. The van der Waals surface area contributed by atoms with E-state index in [1.165, 1.54) is 6.07 Å². The second-order valence-corrected chi connectivity index (χ2v) is 4.94. The van der Waals surface area contributed by atoms with Crippen LogP contribution in [-0.2, 0) is 0 Å². The SMILES string of the molecule is N#Cc1ccc(NCC2(O)CCCCC2)c(F)c1. The normalized spacial score (nSPS) is 18.1. The summed E-state index contributed by atoms with van der Waals surface area (Å²) in [5, 5.41) is 21.9. The number of aliphatic hydroxyl groups is 1. The molecular weight excluding hydrogens is 231 g/mol.